The fourth-order valence-electron chi connectivity index (χ4n) is 1.09. The number of hydrogen-bond acceptors (Lipinski definition) is 5. The van der Waals surface area contributed by atoms with Gasteiger partial charge >= 0.3 is 13.6 Å². The minimum atomic E-state index is -4.36. The van der Waals surface area contributed by atoms with Gasteiger partial charge in [0.05, 0.1) is 16.9 Å². The summed E-state index contributed by atoms with van der Waals surface area (Å²) < 4.78 is 16.1. The molecule has 0 aliphatic heterocycles. The van der Waals surface area contributed by atoms with Crippen molar-refractivity contribution in [1.29, 1.82) is 0 Å². The van der Waals surface area contributed by atoms with E-state index in [-0.39, 0.29) is 18.2 Å². The monoisotopic (exact) mass is 322 g/mol. The highest BCUT2D eigenvalue weighted by molar-refractivity contribution is 7.52. The Bertz CT molecular complexity index is 544. The number of carbonyl (C=O) groups is 1. The van der Waals surface area contributed by atoms with Crippen LogP contribution in [0.3, 0.4) is 0 Å². The summed E-state index contributed by atoms with van der Waals surface area (Å²) in [5.41, 5.74) is 6.60. The van der Waals surface area contributed by atoms with Crippen LogP contribution in [0.1, 0.15) is 0 Å². The minimum absolute atomic E-state index is 0.0890. The van der Waals surface area contributed by atoms with Gasteiger partial charge in [-0.05, 0) is 6.07 Å². The maximum Gasteiger partial charge on any atom is 0.332 e. The molecule has 0 radical (unpaired) electrons. The van der Waals surface area contributed by atoms with Crippen LogP contribution in [0.4, 0.5) is 4.79 Å². The molecule has 0 fully saturated rings. The number of urea groups is 1. The summed E-state index contributed by atoms with van der Waals surface area (Å²) in [6.45, 7) is -0.278. The van der Waals surface area contributed by atoms with Crippen LogP contribution < -0.4 is 15.9 Å². The van der Waals surface area contributed by atoms with Crippen molar-refractivity contribution < 1.29 is 23.9 Å². The Kier molecular flexibility index (Phi) is 5.90. The van der Waals surface area contributed by atoms with Crippen molar-refractivity contribution >= 4 is 30.9 Å². The number of pyridine rings is 1. The molecule has 0 bridgehead atoms. The van der Waals surface area contributed by atoms with E-state index in [0.29, 0.717) is 5.02 Å². The van der Waals surface area contributed by atoms with Crippen LogP contribution in [0.2, 0.25) is 5.02 Å². The average molecular weight is 323 g/mol. The lowest BCUT2D eigenvalue weighted by Crippen LogP contribution is -2.28. The summed E-state index contributed by atoms with van der Waals surface area (Å²) in [4.78, 5) is 32.1. The van der Waals surface area contributed by atoms with E-state index >= 15 is 0 Å². The SMILES string of the molecule is NC(=O)NN=C(COc1ccc(Cl)cn1)CP(=O)(O)O. The van der Waals surface area contributed by atoms with Crippen molar-refractivity contribution in [2.75, 3.05) is 12.8 Å². The fraction of sp³-hybridized carbons (Fsp3) is 0.222. The molecule has 0 unspecified atom stereocenters. The number of primary amides is 1. The zero-order chi connectivity index (χ0) is 15.2. The van der Waals surface area contributed by atoms with Crippen LogP contribution in [0.5, 0.6) is 5.88 Å². The topological polar surface area (TPSA) is 147 Å². The smallest absolute Gasteiger partial charge is 0.332 e. The molecule has 0 aromatic carbocycles. The molecule has 1 heterocycles. The molecule has 1 rings (SSSR count). The van der Waals surface area contributed by atoms with E-state index in [1.165, 1.54) is 18.3 Å². The lowest BCUT2D eigenvalue weighted by molar-refractivity contribution is 0.249. The third-order valence-electron chi connectivity index (χ3n) is 1.80. The van der Waals surface area contributed by atoms with Crippen molar-refractivity contribution in [3.05, 3.63) is 23.4 Å². The number of rotatable bonds is 6. The van der Waals surface area contributed by atoms with Crippen LogP contribution in [-0.2, 0) is 4.57 Å². The number of nitrogens with two attached hydrogens (primary N) is 1. The molecule has 0 aliphatic carbocycles. The second-order valence-corrected chi connectivity index (χ2v) is 5.66. The Morgan fingerprint density at radius 1 is 1.55 bits per heavy atom. The first-order valence-corrected chi connectivity index (χ1v) is 7.33. The Labute approximate surface area is 118 Å². The predicted molar refractivity (Wildman–Crippen MR) is 71.8 cm³/mol. The maximum absolute atomic E-state index is 10.9. The van der Waals surface area contributed by atoms with E-state index in [0.717, 1.165) is 0 Å². The summed E-state index contributed by atoms with van der Waals surface area (Å²) in [6.07, 6.45) is 0.666. The van der Waals surface area contributed by atoms with Gasteiger partial charge in [-0.15, -0.1) is 0 Å². The van der Waals surface area contributed by atoms with Crippen LogP contribution >= 0.6 is 19.2 Å². The lowest BCUT2D eigenvalue weighted by Gasteiger charge is -2.09. The van der Waals surface area contributed by atoms with Crippen LogP contribution in [0.15, 0.2) is 23.4 Å². The van der Waals surface area contributed by atoms with Crippen LogP contribution in [0, 0.1) is 0 Å². The third kappa shape index (κ3) is 7.05. The predicted octanol–water partition coefficient (Wildman–Crippen LogP) is 0.316. The molecule has 1 aromatic heterocycles. The molecule has 9 nitrogen and oxygen atoms in total. The van der Waals surface area contributed by atoms with E-state index in [4.69, 9.17) is 31.9 Å². The molecule has 1 aromatic rings. The first-order chi connectivity index (χ1) is 9.26. The quantitative estimate of drug-likeness (QED) is 0.337. The molecule has 0 aliphatic rings. The molecule has 0 spiro atoms. The van der Waals surface area contributed by atoms with Crippen LogP contribution in [0.25, 0.3) is 0 Å². The second kappa shape index (κ2) is 7.20. The van der Waals surface area contributed by atoms with Crippen molar-refractivity contribution in [3.8, 4) is 5.88 Å². The lowest BCUT2D eigenvalue weighted by atomic mass is 10.4. The van der Waals surface area contributed by atoms with E-state index in [1.54, 1.807) is 0 Å². The second-order valence-electron chi connectivity index (χ2n) is 3.58. The number of ether oxygens (including phenoxy) is 1. The number of carbonyl (C=O) groups excluding carboxylic acids is 1. The van der Waals surface area contributed by atoms with Gasteiger partial charge in [0.1, 0.15) is 6.61 Å². The average Bonchev–Trinajstić information content (AvgIpc) is 2.33. The molecular formula is C9H12ClN4O5P. The van der Waals surface area contributed by atoms with Crippen molar-refractivity contribution in [2.24, 2.45) is 10.8 Å². The molecule has 0 atom stereocenters. The van der Waals surface area contributed by atoms with Gasteiger partial charge in [0.15, 0.2) is 0 Å². The van der Waals surface area contributed by atoms with Crippen molar-refractivity contribution in [2.45, 2.75) is 0 Å². The Morgan fingerprint density at radius 3 is 2.75 bits per heavy atom. The number of halogens is 1. The first-order valence-electron chi connectivity index (χ1n) is 5.16. The highest BCUT2D eigenvalue weighted by atomic mass is 35.5. The first kappa shape index (κ1) is 16.4. The Hall–Kier alpha value is -1.67. The number of nitrogens with zero attached hydrogens (tertiary/aromatic N) is 2. The standard InChI is InChI=1S/C9H12ClN4O5P/c10-6-1-2-8(12-3-6)19-4-7(5-20(16,17)18)13-14-9(11)15/h1-3H,4-5H2,(H3,11,14,15)(H2,16,17,18). The summed E-state index contributed by atoms with van der Waals surface area (Å²) in [5, 5.41) is 3.88. The number of aromatic nitrogens is 1. The summed E-state index contributed by atoms with van der Waals surface area (Å²) in [5.74, 6) is 0.187. The molecule has 11 heteroatoms. The van der Waals surface area contributed by atoms with Gasteiger partial charge in [-0.2, -0.15) is 5.10 Å². The highest BCUT2D eigenvalue weighted by Gasteiger charge is 2.18. The van der Waals surface area contributed by atoms with Gasteiger partial charge < -0.3 is 20.3 Å². The van der Waals surface area contributed by atoms with Crippen LogP contribution in [-0.4, -0.2) is 39.3 Å². The van der Waals surface area contributed by atoms with Crippen molar-refractivity contribution in [1.82, 2.24) is 10.4 Å². The Balaban J connectivity index is 2.69. The maximum atomic E-state index is 10.9. The molecule has 110 valence electrons. The normalized spacial score (nSPS) is 12.1. The van der Waals surface area contributed by atoms with E-state index in [1.807, 2.05) is 5.43 Å². The fourth-order valence-corrected chi connectivity index (χ4v) is 1.84. The van der Waals surface area contributed by atoms with Gasteiger partial charge in [-0.3, -0.25) is 4.57 Å². The molecule has 20 heavy (non-hydrogen) atoms. The number of nitrogens with one attached hydrogen (secondary N) is 1. The summed E-state index contributed by atoms with van der Waals surface area (Å²) in [6, 6.07) is 2.04. The van der Waals surface area contributed by atoms with E-state index in [9.17, 15) is 9.36 Å². The highest BCUT2D eigenvalue weighted by Crippen LogP contribution is 2.34. The summed E-state index contributed by atoms with van der Waals surface area (Å²) >= 11 is 5.64. The number of hydrogen-bond donors (Lipinski definition) is 4. The summed E-state index contributed by atoms with van der Waals surface area (Å²) in [7, 11) is -4.36. The number of amides is 2. The largest absolute Gasteiger partial charge is 0.471 e. The third-order valence-corrected chi connectivity index (χ3v) is 2.80. The molecule has 0 saturated heterocycles. The van der Waals surface area contributed by atoms with Gasteiger partial charge in [-0.1, -0.05) is 11.6 Å². The zero-order valence-electron chi connectivity index (χ0n) is 10.1. The van der Waals surface area contributed by atoms with E-state index in [2.05, 4.69) is 10.1 Å². The minimum Gasteiger partial charge on any atom is -0.471 e. The molecule has 2 amide bonds. The van der Waals surface area contributed by atoms with Gasteiger partial charge in [0, 0.05) is 12.3 Å². The van der Waals surface area contributed by atoms with Crippen molar-refractivity contribution in [3.63, 3.8) is 0 Å². The molecule has 0 saturated carbocycles. The Morgan fingerprint density at radius 2 is 2.25 bits per heavy atom. The number of hydrazone groups is 1. The van der Waals surface area contributed by atoms with Gasteiger partial charge in [0.25, 0.3) is 0 Å². The van der Waals surface area contributed by atoms with E-state index < -0.39 is 19.8 Å². The zero-order valence-corrected chi connectivity index (χ0v) is 11.7. The molecule has 5 N–H and O–H groups in total. The van der Waals surface area contributed by atoms with Gasteiger partial charge in [-0.25, -0.2) is 15.2 Å². The molecular weight excluding hydrogens is 311 g/mol. The van der Waals surface area contributed by atoms with Gasteiger partial charge in [0.2, 0.25) is 5.88 Å².